The van der Waals surface area contributed by atoms with Gasteiger partial charge in [0.25, 0.3) is 5.56 Å². The smallest absolute Gasteiger partial charge is 0.251 e. The van der Waals surface area contributed by atoms with Gasteiger partial charge in [0, 0.05) is 67.5 Å². The van der Waals surface area contributed by atoms with Crippen LogP contribution in [0.25, 0.3) is 11.1 Å². The largest absolute Gasteiger partial charge is 0.381 e. The van der Waals surface area contributed by atoms with Crippen LogP contribution in [-0.4, -0.2) is 67.4 Å². The molecule has 1 saturated heterocycles. The predicted octanol–water partition coefficient (Wildman–Crippen LogP) is 6.20. The highest BCUT2D eigenvalue weighted by Gasteiger charge is 2.24. The molecule has 0 aliphatic carbocycles. The van der Waals surface area contributed by atoms with Crippen LogP contribution in [0.3, 0.4) is 0 Å². The van der Waals surface area contributed by atoms with Gasteiger partial charge in [0.15, 0.2) is 0 Å². The van der Waals surface area contributed by atoms with E-state index < -0.39 is 0 Å². The van der Waals surface area contributed by atoms with Crippen LogP contribution >= 0.6 is 0 Å². The average Bonchev–Trinajstić information content (AvgIpc) is 3.00. The van der Waals surface area contributed by atoms with Crippen LogP contribution in [0.2, 0.25) is 0 Å². The molecule has 0 unspecified atom stereocenters. The first kappa shape index (κ1) is 32.9. The second kappa shape index (κ2) is 15.6. The van der Waals surface area contributed by atoms with E-state index in [-0.39, 0.29) is 11.5 Å². The minimum Gasteiger partial charge on any atom is -0.381 e. The van der Waals surface area contributed by atoms with E-state index in [9.17, 15) is 4.79 Å². The van der Waals surface area contributed by atoms with Crippen LogP contribution in [0, 0.1) is 13.8 Å². The van der Waals surface area contributed by atoms with Gasteiger partial charge in [-0.05, 0) is 113 Å². The van der Waals surface area contributed by atoms with Crippen molar-refractivity contribution in [3.05, 3.63) is 80.5 Å². The fourth-order valence-electron chi connectivity index (χ4n) is 6.40. The second-order valence-corrected chi connectivity index (χ2v) is 12.3. The number of rotatable bonds is 14. The first-order chi connectivity index (χ1) is 20.7. The van der Waals surface area contributed by atoms with Gasteiger partial charge in [0.2, 0.25) is 0 Å². The lowest BCUT2D eigenvalue weighted by atomic mass is 9.89. The van der Waals surface area contributed by atoms with Crippen molar-refractivity contribution in [3.8, 4) is 11.1 Å². The van der Waals surface area contributed by atoms with Crippen molar-refractivity contribution in [2.45, 2.75) is 85.7 Å². The number of nitrogens with one attached hydrogen (secondary N) is 2. The summed E-state index contributed by atoms with van der Waals surface area (Å²) in [5.41, 5.74) is 9.97. The van der Waals surface area contributed by atoms with Gasteiger partial charge in [0.05, 0.1) is 5.69 Å². The van der Waals surface area contributed by atoms with Crippen molar-refractivity contribution >= 4 is 5.69 Å². The molecule has 0 amide bonds. The van der Waals surface area contributed by atoms with Crippen LogP contribution in [0.1, 0.15) is 86.5 Å². The summed E-state index contributed by atoms with van der Waals surface area (Å²) in [5, 5.41) is 3.24. The van der Waals surface area contributed by atoms with E-state index in [0.717, 1.165) is 98.8 Å². The molecule has 2 N–H and O–H groups in total. The number of aryl methyl sites for hydroxylation is 1. The van der Waals surface area contributed by atoms with E-state index in [0.29, 0.717) is 12.5 Å². The van der Waals surface area contributed by atoms with Gasteiger partial charge in [-0.15, -0.1) is 0 Å². The van der Waals surface area contributed by atoms with E-state index in [1.54, 1.807) is 0 Å². The SMILES string of the molecule is CCN(CCCNC)Cc1ccc(-c2cc(Cc3c(C(C)C)cc(C)[nH]c3=O)c(C)c(N(CC)C3CCOCC3)c2)cn1. The van der Waals surface area contributed by atoms with Crippen LogP contribution in [-0.2, 0) is 17.7 Å². The molecule has 1 aromatic carbocycles. The van der Waals surface area contributed by atoms with Gasteiger partial charge >= 0.3 is 0 Å². The van der Waals surface area contributed by atoms with Gasteiger partial charge in [-0.3, -0.25) is 14.7 Å². The maximum atomic E-state index is 13.3. The zero-order chi connectivity index (χ0) is 30.9. The Balaban J connectivity index is 1.74. The van der Waals surface area contributed by atoms with Crippen molar-refractivity contribution in [2.24, 2.45) is 0 Å². The Morgan fingerprint density at radius 1 is 1.07 bits per heavy atom. The quantitative estimate of drug-likeness (QED) is 0.219. The third-order valence-electron chi connectivity index (χ3n) is 8.96. The number of aromatic nitrogens is 2. The maximum absolute atomic E-state index is 13.3. The Labute approximate surface area is 259 Å². The van der Waals surface area contributed by atoms with Crippen LogP contribution < -0.4 is 15.8 Å². The standard InChI is InChI=1S/C36H53N5O2/c1-8-40(16-10-15-37-7)24-31-12-11-28(23-38-31)30-20-29(21-34-33(25(3)4)19-26(5)39-36(34)42)27(6)35(22-30)41(9-2)32-13-17-43-18-14-32/h11-12,19-20,22-23,25,32,37H,8-10,13-18,21,24H2,1-7H3,(H,39,42). The zero-order valence-electron chi connectivity index (χ0n) is 27.6. The average molecular weight is 588 g/mol. The minimum absolute atomic E-state index is 0.0213. The van der Waals surface area contributed by atoms with Crippen molar-refractivity contribution in [3.63, 3.8) is 0 Å². The summed E-state index contributed by atoms with van der Waals surface area (Å²) in [7, 11) is 2.00. The molecule has 3 heterocycles. The highest BCUT2D eigenvalue weighted by atomic mass is 16.5. The summed E-state index contributed by atoms with van der Waals surface area (Å²) in [6.45, 7) is 19.5. The Kier molecular flexibility index (Phi) is 12.0. The molecule has 0 saturated carbocycles. The lowest BCUT2D eigenvalue weighted by molar-refractivity contribution is 0.0846. The monoisotopic (exact) mass is 587 g/mol. The Morgan fingerprint density at radius 2 is 1.84 bits per heavy atom. The zero-order valence-corrected chi connectivity index (χ0v) is 27.6. The highest BCUT2D eigenvalue weighted by molar-refractivity contribution is 5.73. The number of anilines is 1. The molecular weight excluding hydrogens is 534 g/mol. The van der Waals surface area contributed by atoms with E-state index >= 15 is 0 Å². The molecule has 234 valence electrons. The molecular formula is C36H53N5O2. The van der Waals surface area contributed by atoms with Crippen molar-refractivity contribution in [1.82, 2.24) is 20.2 Å². The summed E-state index contributed by atoms with van der Waals surface area (Å²) in [6, 6.07) is 11.6. The molecule has 7 nitrogen and oxygen atoms in total. The summed E-state index contributed by atoms with van der Waals surface area (Å²) >= 11 is 0. The molecule has 43 heavy (non-hydrogen) atoms. The minimum atomic E-state index is 0.0213. The van der Waals surface area contributed by atoms with Crippen molar-refractivity contribution < 1.29 is 4.74 Å². The molecule has 7 heteroatoms. The Bertz CT molecular complexity index is 1380. The van der Waals surface area contributed by atoms with E-state index in [1.807, 2.05) is 20.2 Å². The van der Waals surface area contributed by atoms with E-state index in [4.69, 9.17) is 9.72 Å². The molecule has 0 atom stereocenters. The molecule has 1 aliphatic heterocycles. The van der Waals surface area contributed by atoms with Crippen molar-refractivity contribution in [2.75, 3.05) is 51.3 Å². The number of hydrogen-bond donors (Lipinski definition) is 2. The van der Waals surface area contributed by atoms with Gasteiger partial charge in [0.1, 0.15) is 0 Å². The molecule has 3 aromatic rings. The van der Waals surface area contributed by atoms with Crippen LogP contribution in [0.4, 0.5) is 5.69 Å². The molecule has 0 bridgehead atoms. The maximum Gasteiger partial charge on any atom is 0.251 e. The van der Waals surface area contributed by atoms with Crippen LogP contribution in [0.5, 0.6) is 0 Å². The molecule has 2 aromatic heterocycles. The number of ether oxygens (including phenoxy) is 1. The van der Waals surface area contributed by atoms with Gasteiger partial charge in [-0.2, -0.15) is 0 Å². The number of H-pyrrole nitrogens is 1. The first-order valence-electron chi connectivity index (χ1n) is 16.3. The third kappa shape index (κ3) is 8.34. The third-order valence-corrected chi connectivity index (χ3v) is 8.96. The normalized spacial score (nSPS) is 14.2. The number of aromatic amines is 1. The number of nitrogens with zero attached hydrogens (tertiary/aromatic N) is 3. The summed E-state index contributed by atoms with van der Waals surface area (Å²) < 4.78 is 5.71. The van der Waals surface area contributed by atoms with Gasteiger partial charge in [-0.25, -0.2) is 0 Å². The fraction of sp³-hybridized carbons (Fsp3) is 0.556. The molecule has 0 radical (unpaired) electrons. The van der Waals surface area contributed by atoms with Gasteiger partial charge < -0.3 is 19.9 Å². The topological polar surface area (TPSA) is 73.5 Å². The van der Waals surface area contributed by atoms with E-state index in [2.05, 4.69) is 85.1 Å². The number of pyridine rings is 2. The Morgan fingerprint density at radius 3 is 2.47 bits per heavy atom. The summed E-state index contributed by atoms with van der Waals surface area (Å²) in [4.78, 5) is 26.3. The van der Waals surface area contributed by atoms with Crippen LogP contribution in [0.15, 0.2) is 41.3 Å². The molecule has 0 spiro atoms. The fourth-order valence-corrected chi connectivity index (χ4v) is 6.40. The lowest BCUT2D eigenvalue weighted by Gasteiger charge is -2.37. The van der Waals surface area contributed by atoms with E-state index in [1.165, 1.54) is 16.8 Å². The predicted molar refractivity (Wildman–Crippen MR) is 179 cm³/mol. The second-order valence-electron chi connectivity index (χ2n) is 12.3. The number of hydrogen-bond acceptors (Lipinski definition) is 6. The molecule has 4 rings (SSSR count). The molecule has 1 fully saturated rings. The highest BCUT2D eigenvalue weighted by Crippen LogP contribution is 2.35. The van der Waals surface area contributed by atoms with Gasteiger partial charge in [-0.1, -0.05) is 32.9 Å². The Hall–Kier alpha value is -3.00. The molecule has 1 aliphatic rings. The number of benzene rings is 1. The first-order valence-corrected chi connectivity index (χ1v) is 16.3. The summed E-state index contributed by atoms with van der Waals surface area (Å²) in [6.07, 6.45) is 5.81. The summed E-state index contributed by atoms with van der Waals surface area (Å²) in [5.74, 6) is 0.269. The lowest BCUT2D eigenvalue weighted by Crippen LogP contribution is -2.40. The van der Waals surface area contributed by atoms with Crippen molar-refractivity contribution in [1.29, 1.82) is 0 Å².